The van der Waals surface area contributed by atoms with Crippen LogP contribution >= 0.6 is 11.8 Å². The molecule has 104 valence electrons. The van der Waals surface area contributed by atoms with Crippen molar-refractivity contribution in [3.05, 3.63) is 72.9 Å². The van der Waals surface area contributed by atoms with Gasteiger partial charge >= 0.3 is 0 Å². The summed E-state index contributed by atoms with van der Waals surface area (Å²) in [7, 11) is 0. The number of thioether (sulfide) groups is 1. The normalized spacial score (nSPS) is 10.5. The second-order valence-corrected chi connectivity index (χ2v) is 5.50. The number of rotatable bonds is 4. The summed E-state index contributed by atoms with van der Waals surface area (Å²) >= 11 is 1.71. The van der Waals surface area contributed by atoms with Crippen LogP contribution in [0.25, 0.3) is 23.0 Å². The van der Waals surface area contributed by atoms with Crippen LogP contribution in [-0.2, 0) is 0 Å². The Balaban J connectivity index is 2.05. The van der Waals surface area contributed by atoms with Crippen molar-refractivity contribution < 1.29 is 0 Å². The minimum Gasteiger partial charge on any atom is -0.239 e. The molecule has 0 bridgehead atoms. The lowest BCUT2D eigenvalue weighted by Gasteiger charge is -2.01. The molecule has 1 heterocycles. The van der Waals surface area contributed by atoms with Crippen LogP contribution in [0.4, 0.5) is 0 Å². The molecule has 1 aromatic heterocycles. The van der Waals surface area contributed by atoms with Gasteiger partial charge in [-0.05, 0) is 24.0 Å². The molecular weight excluding hydrogens is 276 g/mol. The number of para-hydroxylation sites is 1. The maximum Gasteiger partial charge on any atom is 0.106 e. The highest BCUT2D eigenvalue weighted by Crippen LogP contribution is 2.30. The average Bonchev–Trinajstić information content (AvgIpc) is 3.00. The standard InChI is InChI=1S/C18H16N2S/c1-3-14-9-11-15(12-10-14)18-17(21-2)13-20(19-18)16-7-5-4-6-8-16/h3-13H,1H2,2H3. The highest BCUT2D eigenvalue weighted by Gasteiger charge is 2.11. The zero-order chi connectivity index (χ0) is 14.7. The molecule has 2 nitrogen and oxygen atoms in total. The first kappa shape index (κ1) is 13.7. The van der Waals surface area contributed by atoms with Crippen LogP contribution in [-0.4, -0.2) is 16.0 Å². The Kier molecular flexibility index (Phi) is 3.93. The lowest BCUT2D eigenvalue weighted by Crippen LogP contribution is -1.93. The van der Waals surface area contributed by atoms with E-state index in [1.807, 2.05) is 29.0 Å². The Morgan fingerprint density at radius 1 is 1.05 bits per heavy atom. The second-order valence-electron chi connectivity index (χ2n) is 4.65. The van der Waals surface area contributed by atoms with E-state index in [-0.39, 0.29) is 0 Å². The summed E-state index contributed by atoms with van der Waals surface area (Å²) in [6, 6.07) is 18.5. The van der Waals surface area contributed by atoms with Crippen molar-refractivity contribution in [2.75, 3.05) is 6.26 Å². The maximum atomic E-state index is 4.75. The molecule has 0 aliphatic rings. The Hall–Kier alpha value is -2.26. The third kappa shape index (κ3) is 2.78. The summed E-state index contributed by atoms with van der Waals surface area (Å²) in [6.07, 6.45) is 6.01. The SMILES string of the molecule is C=Cc1ccc(-c2nn(-c3ccccc3)cc2SC)cc1. The van der Waals surface area contributed by atoms with E-state index < -0.39 is 0 Å². The largest absolute Gasteiger partial charge is 0.239 e. The van der Waals surface area contributed by atoms with Crippen LogP contribution in [0.5, 0.6) is 0 Å². The highest BCUT2D eigenvalue weighted by molar-refractivity contribution is 7.98. The van der Waals surface area contributed by atoms with E-state index in [1.165, 1.54) is 4.90 Å². The molecule has 0 atom stereocenters. The van der Waals surface area contributed by atoms with Crippen LogP contribution in [0.1, 0.15) is 5.56 Å². The summed E-state index contributed by atoms with van der Waals surface area (Å²) in [5.41, 5.74) is 4.33. The van der Waals surface area contributed by atoms with E-state index in [0.29, 0.717) is 0 Å². The number of benzene rings is 2. The van der Waals surface area contributed by atoms with Gasteiger partial charge in [-0.2, -0.15) is 5.10 Å². The molecule has 0 aliphatic heterocycles. The predicted octanol–water partition coefficient (Wildman–Crippen LogP) is 4.90. The number of hydrogen-bond acceptors (Lipinski definition) is 2. The fourth-order valence-electron chi connectivity index (χ4n) is 2.20. The lowest BCUT2D eigenvalue weighted by atomic mass is 10.1. The lowest BCUT2D eigenvalue weighted by molar-refractivity contribution is 0.883. The van der Waals surface area contributed by atoms with E-state index in [9.17, 15) is 0 Å². The number of hydrogen-bond donors (Lipinski definition) is 0. The first-order chi connectivity index (χ1) is 10.3. The third-order valence-electron chi connectivity index (χ3n) is 3.34. The minimum absolute atomic E-state index is 1.02. The molecule has 0 saturated carbocycles. The van der Waals surface area contributed by atoms with Gasteiger partial charge in [0.05, 0.1) is 10.6 Å². The van der Waals surface area contributed by atoms with Gasteiger partial charge < -0.3 is 0 Å². The first-order valence-corrected chi connectivity index (χ1v) is 7.96. The summed E-state index contributed by atoms with van der Waals surface area (Å²) in [5, 5.41) is 4.75. The van der Waals surface area contributed by atoms with E-state index in [0.717, 1.165) is 22.5 Å². The van der Waals surface area contributed by atoms with Crippen molar-refractivity contribution in [2.24, 2.45) is 0 Å². The first-order valence-electron chi connectivity index (χ1n) is 6.74. The van der Waals surface area contributed by atoms with Crippen molar-refractivity contribution in [2.45, 2.75) is 4.90 Å². The highest BCUT2D eigenvalue weighted by atomic mass is 32.2. The van der Waals surface area contributed by atoms with Crippen LogP contribution in [0.15, 0.2) is 72.3 Å². The van der Waals surface area contributed by atoms with Crippen LogP contribution in [0, 0.1) is 0 Å². The van der Waals surface area contributed by atoms with Crippen molar-refractivity contribution >= 4 is 17.8 Å². The molecule has 0 fully saturated rings. The topological polar surface area (TPSA) is 17.8 Å². The van der Waals surface area contributed by atoms with Gasteiger partial charge in [0.15, 0.2) is 0 Å². The molecule has 0 spiro atoms. The zero-order valence-electron chi connectivity index (χ0n) is 11.9. The Bertz CT molecular complexity index is 743. The average molecular weight is 292 g/mol. The molecule has 2 aromatic carbocycles. The molecule has 0 aliphatic carbocycles. The van der Waals surface area contributed by atoms with Crippen LogP contribution < -0.4 is 0 Å². The van der Waals surface area contributed by atoms with Crippen molar-refractivity contribution in [3.8, 4) is 16.9 Å². The van der Waals surface area contributed by atoms with Crippen molar-refractivity contribution in [3.63, 3.8) is 0 Å². The number of nitrogens with zero attached hydrogens (tertiary/aromatic N) is 2. The van der Waals surface area contributed by atoms with E-state index in [4.69, 9.17) is 5.10 Å². The fraction of sp³-hybridized carbons (Fsp3) is 0.0556. The molecule has 0 N–H and O–H groups in total. The second kappa shape index (κ2) is 6.02. The molecule has 0 amide bonds. The monoisotopic (exact) mass is 292 g/mol. The van der Waals surface area contributed by atoms with Gasteiger partial charge in [-0.25, -0.2) is 4.68 Å². The van der Waals surface area contributed by atoms with Gasteiger partial charge in [-0.15, -0.1) is 11.8 Å². The summed E-state index contributed by atoms with van der Waals surface area (Å²) in [4.78, 5) is 1.17. The van der Waals surface area contributed by atoms with Gasteiger partial charge in [0.2, 0.25) is 0 Å². The van der Waals surface area contributed by atoms with Gasteiger partial charge in [-0.1, -0.05) is 55.1 Å². The van der Waals surface area contributed by atoms with Gasteiger partial charge in [0, 0.05) is 11.8 Å². The molecule has 3 heteroatoms. The smallest absolute Gasteiger partial charge is 0.106 e. The molecule has 3 aromatic rings. The van der Waals surface area contributed by atoms with Gasteiger partial charge in [0.25, 0.3) is 0 Å². The van der Waals surface area contributed by atoms with Gasteiger partial charge in [0.1, 0.15) is 5.69 Å². The van der Waals surface area contributed by atoms with E-state index >= 15 is 0 Å². The van der Waals surface area contributed by atoms with Crippen LogP contribution in [0.2, 0.25) is 0 Å². The molecule has 21 heavy (non-hydrogen) atoms. The van der Waals surface area contributed by atoms with E-state index in [2.05, 4.69) is 55.4 Å². The minimum atomic E-state index is 1.02. The summed E-state index contributed by atoms with van der Waals surface area (Å²) < 4.78 is 1.93. The Labute approximate surface area is 129 Å². The Morgan fingerprint density at radius 3 is 2.38 bits per heavy atom. The molecule has 0 radical (unpaired) electrons. The summed E-state index contributed by atoms with van der Waals surface area (Å²) in [6.45, 7) is 3.79. The fourth-order valence-corrected chi connectivity index (χ4v) is 2.75. The van der Waals surface area contributed by atoms with Gasteiger partial charge in [-0.3, -0.25) is 0 Å². The zero-order valence-corrected chi connectivity index (χ0v) is 12.7. The third-order valence-corrected chi connectivity index (χ3v) is 4.08. The quantitative estimate of drug-likeness (QED) is 0.636. The molecular formula is C18H16N2S. The predicted molar refractivity (Wildman–Crippen MR) is 90.9 cm³/mol. The summed E-state index contributed by atoms with van der Waals surface area (Å²) in [5.74, 6) is 0. The van der Waals surface area contributed by atoms with E-state index in [1.54, 1.807) is 11.8 Å². The molecule has 0 unspecified atom stereocenters. The number of aromatic nitrogens is 2. The van der Waals surface area contributed by atoms with Crippen molar-refractivity contribution in [1.29, 1.82) is 0 Å². The maximum absolute atomic E-state index is 4.75. The molecule has 0 saturated heterocycles. The molecule has 3 rings (SSSR count). The van der Waals surface area contributed by atoms with Crippen LogP contribution in [0.3, 0.4) is 0 Å². The Morgan fingerprint density at radius 2 is 1.76 bits per heavy atom. The van der Waals surface area contributed by atoms with Crippen molar-refractivity contribution in [1.82, 2.24) is 9.78 Å².